The summed E-state index contributed by atoms with van der Waals surface area (Å²) in [6.45, 7) is 26.0. The molecule has 0 saturated carbocycles. The zero-order valence-electron chi connectivity index (χ0n) is 34.7. The molecule has 0 heterocycles. The van der Waals surface area contributed by atoms with Gasteiger partial charge in [-0.3, -0.25) is 0 Å². The van der Waals surface area contributed by atoms with Crippen molar-refractivity contribution >= 4 is 0 Å². The highest BCUT2D eigenvalue weighted by atomic mass is 19.4. The largest absolute Gasteiger partial charge is 0.402 e. The fourth-order valence-electron chi connectivity index (χ4n) is 1.90. The van der Waals surface area contributed by atoms with Crippen LogP contribution in [-0.2, 0) is 0 Å². The van der Waals surface area contributed by atoms with E-state index in [1.54, 1.807) is 0 Å². The van der Waals surface area contributed by atoms with E-state index in [1.165, 1.54) is 52.4 Å². The van der Waals surface area contributed by atoms with Crippen molar-refractivity contribution in [1.82, 2.24) is 0 Å². The van der Waals surface area contributed by atoms with Crippen LogP contribution in [0.1, 0.15) is 181 Å². The molecule has 0 aliphatic rings. The Bertz CT molecular complexity index is 688. The Balaban J connectivity index is -0.0000000924. The smallest absolute Gasteiger partial charge is 0.171 e. The van der Waals surface area contributed by atoms with E-state index in [0.29, 0.717) is 6.42 Å². The second-order valence-corrected chi connectivity index (χ2v) is 14.6. The summed E-state index contributed by atoms with van der Waals surface area (Å²) < 4.78 is 173. The van der Waals surface area contributed by atoms with Crippen LogP contribution in [0, 0.1) is 28.6 Å². The molecule has 0 radical (unpaired) electrons. The molecule has 0 N–H and O–H groups in total. The van der Waals surface area contributed by atoms with Crippen molar-refractivity contribution in [2.45, 2.75) is 212 Å². The van der Waals surface area contributed by atoms with Gasteiger partial charge >= 0.3 is 30.9 Å². The van der Waals surface area contributed by atoms with E-state index in [4.69, 9.17) is 0 Å². The first-order valence-electron chi connectivity index (χ1n) is 18.1. The molecule has 0 fully saturated rings. The van der Waals surface area contributed by atoms with Crippen molar-refractivity contribution in [1.29, 1.82) is 0 Å². The van der Waals surface area contributed by atoms with Crippen LogP contribution in [0.2, 0.25) is 0 Å². The van der Waals surface area contributed by atoms with Gasteiger partial charge in [-0.05, 0) is 38.5 Å². The number of hydrogen-bond acceptors (Lipinski definition) is 0. The van der Waals surface area contributed by atoms with Crippen LogP contribution >= 0.6 is 0 Å². The summed E-state index contributed by atoms with van der Waals surface area (Å²) in [5, 5.41) is 0. The minimum atomic E-state index is -5.24. The molecule has 1 atom stereocenters. The molecule has 326 valence electrons. The summed E-state index contributed by atoms with van der Waals surface area (Å²) in [4.78, 5) is 0. The quantitative estimate of drug-likeness (QED) is 0.161. The van der Waals surface area contributed by atoms with Gasteiger partial charge in [0.05, 0.1) is 11.3 Å². The second kappa shape index (κ2) is 32.2. The fourth-order valence-corrected chi connectivity index (χ4v) is 1.90. The second-order valence-electron chi connectivity index (χ2n) is 14.6. The van der Waals surface area contributed by atoms with Crippen LogP contribution in [-0.4, -0.2) is 30.9 Å². The topological polar surface area (TPSA) is 0 Å². The molecule has 0 aliphatic carbocycles. The third-order valence-electron chi connectivity index (χ3n) is 6.89. The molecule has 15 heteroatoms. The highest BCUT2D eigenvalue weighted by Crippen LogP contribution is 2.49. The summed E-state index contributed by atoms with van der Waals surface area (Å²) in [7, 11) is 0. The van der Waals surface area contributed by atoms with Gasteiger partial charge in [0, 0.05) is 6.42 Å². The Hall–Kier alpha value is -1.05. The highest BCUT2D eigenvalue weighted by molar-refractivity contribution is 4.84. The number of alkyl halides is 15. The Morgan fingerprint density at radius 2 is 0.712 bits per heavy atom. The lowest BCUT2D eigenvalue weighted by Crippen LogP contribution is -2.44. The molecule has 52 heavy (non-hydrogen) atoms. The molecule has 1 unspecified atom stereocenters. The summed E-state index contributed by atoms with van der Waals surface area (Å²) in [6, 6.07) is 0. The van der Waals surface area contributed by atoms with E-state index in [9.17, 15) is 65.9 Å². The molecule has 0 aromatic rings. The summed E-state index contributed by atoms with van der Waals surface area (Å²) in [5.74, 6) is 0.632. The highest BCUT2D eigenvalue weighted by Gasteiger charge is 2.64. The summed E-state index contributed by atoms with van der Waals surface area (Å²) in [6.07, 6.45) is -13.1. The average Bonchev–Trinajstić information content (AvgIpc) is 2.91. The van der Waals surface area contributed by atoms with E-state index >= 15 is 0 Å². The van der Waals surface area contributed by atoms with Gasteiger partial charge in [-0.2, -0.15) is 65.9 Å². The Labute approximate surface area is 306 Å². The maximum Gasteiger partial charge on any atom is 0.402 e. The molecule has 0 rings (SSSR count). The average molecular weight is 803 g/mol. The number of unbranched alkanes of at least 4 members (excludes halogenated alkanes) is 4. The van der Waals surface area contributed by atoms with Crippen molar-refractivity contribution in [3.8, 4) is 0 Å². The van der Waals surface area contributed by atoms with Crippen LogP contribution in [0.3, 0.4) is 0 Å². The van der Waals surface area contributed by atoms with Crippen LogP contribution in [0.4, 0.5) is 65.9 Å². The van der Waals surface area contributed by atoms with E-state index in [1.807, 2.05) is 6.92 Å². The van der Waals surface area contributed by atoms with Crippen LogP contribution in [0.25, 0.3) is 0 Å². The van der Waals surface area contributed by atoms with Crippen LogP contribution in [0.15, 0.2) is 0 Å². The molecule has 0 aromatic heterocycles. The first kappa shape index (κ1) is 65.8. The number of hydrogen-bond donors (Lipinski definition) is 0. The van der Waals surface area contributed by atoms with Crippen molar-refractivity contribution < 1.29 is 65.9 Å². The molecule has 0 aliphatic heterocycles. The van der Waals surface area contributed by atoms with Gasteiger partial charge in [0.15, 0.2) is 5.41 Å². The Kier molecular flexibility index (Phi) is 40.8. The maximum atomic E-state index is 11.6. The predicted octanol–water partition coefficient (Wildman–Crippen LogP) is 18.1. The molecular weight excluding hydrogens is 729 g/mol. The fraction of sp³-hybridized carbons (Fsp3) is 1.00. The van der Waals surface area contributed by atoms with Gasteiger partial charge < -0.3 is 0 Å². The van der Waals surface area contributed by atoms with Crippen LogP contribution in [0.5, 0.6) is 0 Å². The monoisotopic (exact) mass is 803 g/mol. The molecule has 0 spiro atoms. The van der Waals surface area contributed by atoms with Crippen molar-refractivity contribution in [3.05, 3.63) is 0 Å². The first-order chi connectivity index (χ1) is 22.7. The third-order valence-corrected chi connectivity index (χ3v) is 6.89. The lowest BCUT2D eigenvalue weighted by Gasteiger charge is -2.29. The zero-order valence-corrected chi connectivity index (χ0v) is 34.7. The standard InChI is InChI=1S/C6H11F3.C6H14.C5H6F6.2C5H9F3.2C5H12/c1-2-3-4-5-6(7,8)9;1-4-5-6(2)3;1-3(2,4(6,7)8)5(9,10)11;1-4(2,3)5(6,7)8;1-3-4(2)5(6,7)8;1-4-5(2)3;1-3-5-4-2/h2-5H2,1H3;6H,4-5H2,1-3H3;1-2H3;1-3H3;4H,3H2,1-2H3;5H,4H2,1-3H3;3-5H2,1-2H3. The zero-order chi connectivity index (χ0) is 44.0. The first-order valence-corrected chi connectivity index (χ1v) is 18.1. The Morgan fingerprint density at radius 3 is 0.769 bits per heavy atom. The van der Waals surface area contributed by atoms with Gasteiger partial charge in [0.25, 0.3) is 0 Å². The van der Waals surface area contributed by atoms with Crippen LogP contribution < -0.4 is 0 Å². The van der Waals surface area contributed by atoms with Crippen molar-refractivity contribution in [3.63, 3.8) is 0 Å². The third kappa shape index (κ3) is 51.1. The van der Waals surface area contributed by atoms with E-state index in [2.05, 4.69) is 55.4 Å². The minimum absolute atomic E-state index is 0.104. The van der Waals surface area contributed by atoms with Crippen molar-refractivity contribution in [2.24, 2.45) is 28.6 Å². The normalized spacial score (nSPS) is 12.9. The number of rotatable bonds is 9. The summed E-state index contributed by atoms with van der Waals surface area (Å²) >= 11 is 0. The lowest BCUT2D eigenvalue weighted by atomic mass is 9.92. The Morgan fingerprint density at radius 1 is 0.404 bits per heavy atom. The van der Waals surface area contributed by atoms with Gasteiger partial charge in [-0.25, -0.2) is 0 Å². The lowest BCUT2D eigenvalue weighted by molar-refractivity contribution is -0.327. The van der Waals surface area contributed by atoms with Gasteiger partial charge in [0.2, 0.25) is 0 Å². The van der Waals surface area contributed by atoms with E-state index in [-0.39, 0.29) is 26.7 Å². The van der Waals surface area contributed by atoms with E-state index in [0.717, 1.165) is 39.0 Å². The number of halogens is 15. The van der Waals surface area contributed by atoms with Gasteiger partial charge in [-0.1, -0.05) is 148 Å². The minimum Gasteiger partial charge on any atom is -0.171 e. The maximum absolute atomic E-state index is 11.6. The van der Waals surface area contributed by atoms with Crippen molar-refractivity contribution in [2.75, 3.05) is 0 Å². The molecule has 0 aromatic carbocycles. The SMILES string of the molecule is CC(C)(C(F)(F)F)C(F)(F)F.CC(C)(C)C(F)(F)F.CCC(C)C.CCC(C)C(F)(F)F.CCCC(C)C.CCCCC.CCCCCC(F)(F)F. The molecule has 0 nitrogen and oxygen atoms in total. The molecular formula is C37H73F15. The predicted molar refractivity (Wildman–Crippen MR) is 187 cm³/mol. The molecule has 0 saturated heterocycles. The summed E-state index contributed by atoms with van der Waals surface area (Å²) in [5.41, 5.74) is -5.19. The molecule has 0 bridgehead atoms. The van der Waals surface area contributed by atoms with Gasteiger partial charge in [0.1, 0.15) is 0 Å². The van der Waals surface area contributed by atoms with E-state index < -0.39 is 54.1 Å². The van der Waals surface area contributed by atoms with Gasteiger partial charge in [-0.15, -0.1) is 0 Å². The molecule has 0 amide bonds.